The smallest absolute Gasteiger partial charge is 0.191 e. The van der Waals surface area contributed by atoms with E-state index in [1.165, 1.54) is 5.56 Å². The molecule has 9 heteroatoms. The highest BCUT2D eigenvalue weighted by atomic mass is 127. The van der Waals surface area contributed by atoms with Crippen LogP contribution in [0.15, 0.2) is 47.7 Å². The zero-order chi connectivity index (χ0) is 17.7. The minimum absolute atomic E-state index is 0. The SMILES string of the molecule is CN=C(NCc1cccc(Cn2cccn2)c1)NC1CCS(=O)(=O)C1.I. The standard InChI is InChI=1S/C17H23N5O2S.HI/c1-18-17(21-16-6-9-25(23,24)13-16)19-11-14-4-2-5-15(10-14)12-22-8-3-7-20-22;/h2-5,7-8,10,16H,6,9,11-13H2,1H3,(H2,18,19,21);1H. The van der Waals surface area contributed by atoms with Crippen LogP contribution in [0.2, 0.25) is 0 Å². The van der Waals surface area contributed by atoms with E-state index in [9.17, 15) is 8.42 Å². The maximum atomic E-state index is 11.6. The lowest BCUT2D eigenvalue weighted by Crippen LogP contribution is -2.43. The number of halogens is 1. The van der Waals surface area contributed by atoms with Gasteiger partial charge in [0.05, 0.1) is 18.1 Å². The molecule has 7 nitrogen and oxygen atoms in total. The fourth-order valence-electron chi connectivity index (χ4n) is 2.90. The van der Waals surface area contributed by atoms with Crippen molar-refractivity contribution in [3.63, 3.8) is 0 Å². The number of rotatable bonds is 5. The Labute approximate surface area is 171 Å². The van der Waals surface area contributed by atoms with Gasteiger partial charge in [-0.25, -0.2) is 8.42 Å². The predicted octanol–water partition coefficient (Wildman–Crippen LogP) is 1.40. The minimum atomic E-state index is -2.90. The van der Waals surface area contributed by atoms with E-state index in [0.29, 0.717) is 18.9 Å². The van der Waals surface area contributed by atoms with Crippen LogP contribution in [0.3, 0.4) is 0 Å². The van der Waals surface area contributed by atoms with Gasteiger partial charge in [0.2, 0.25) is 0 Å². The maximum absolute atomic E-state index is 11.6. The Morgan fingerprint density at radius 3 is 2.81 bits per heavy atom. The number of nitrogens with zero attached hydrogens (tertiary/aromatic N) is 3. The fourth-order valence-corrected chi connectivity index (χ4v) is 4.57. The van der Waals surface area contributed by atoms with Crippen LogP contribution in [0.5, 0.6) is 0 Å². The first-order valence-electron chi connectivity index (χ1n) is 8.27. The molecule has 0 amide bonds. The predicted molar refractivity (Wildman–Crippen MR) is 114 cm³/mol. The Balaban J connectivity index is 0.00000243. The van der Waals surface area contributed by atoms with Crippen LogP contribution in [-0.2, 0) is 22.9 Å². The summed E-state index contributed by atoms with van der Waals surface area (Å²) in [6.07, 6.45) is 4.33. The summed E-state index contributed by atoms with van der Waals surface area (Å²) in [4.78, 5) is 4.18. The molecule has 0 aliphatic carbocycles. The molecule has 1 fully saturated rings. The van der Waals surface area contributed by atoms with Gasteiger partial charge in [-0.2, -0.15) is 5.10 Å². The Morgan fingerprint density at radius 2 is 2.15 bits per heavy atom. The number of nitrogens with one attached hydrogen (secondary N) is 2. The molecule has 3 rings (SSSR count). The summed E-state index contributed by atoms with van der Waals surface area (Å²) in [7, 11) is -1.21. The number of aromatic nitrogens is 2. The van der Waals surface area contributed by atoms with Gasteiger partial charge in [-0.05, 0) is 23.6 Å². The molecule has 0 saturated carbocycles. The highest BCUT2D eigenvalue weighted by Gasteiger charge is 2.28. The minimum Gasteiger partial charge on any atom is -0.353 e. The highest BCUT2D eigenvalue weighted by molar-refractivity contribution is 14.0. The van der Waals surface area contributed by atoms with Crippen molar-refractivity contribution in [2.24, 2.45) is 4.99 Å². The molecule has 1 aromatic heterocycles. The molecule has 2 aromatic rings. The Kier molecular flexibility index (Phi) is 7.44. The molecule has 26 heavy (non-hydrogen) atoms. The van der Waals surface area contributed by atoms with Gasteiger partial charge in [0.1, 0.15) is 0 Å². The average Bonchev–Trinajstić information content (AvgIpc) is 3.21. The largest absolute Gasteiger partial charge is 0.353 e. The molecule has 1 aliphatic heterocycles. The molecule has 2 heterocycles. The second-order valence-electron chi connectivity index (χ2n) is 6.19. The number of benzene rings is 1. The molecular weight excluding hydrogens is 465 g/mol. The van der Waals surface area contributed by atoms with E-state index in [2.05, 4.69) is 32.9 Å². The van der Waals surface area contributed by atoms with Crippen molar-refractivity contribution in [2.75, 3.05) is 18.6 Å². The van der Waals surface area contributed by atoms with Crippen molar-refractivity contribution in [3.05, 3.63) is 53.9 Å². The van der Waals surface area contributed by atoms with Gasteiger partial charge >= 0.3 is 0 Å². The first kappa shape index (κ1) is 20.7. The van der Waals surface area contributed by atoms with E-state index < -0.39 is 9.84 Å². The van der Waals surface area contributed by atoms with Crippen molar-refractivity contribution < 1.29 is 8.42 Å². The third-order valence-electron chi connectivity index (χ3n) is 4.15. The summed E-state index contributed by atoms with van der Waals surface area (Å²) in [5.74, 6) is 1.05. The Hall–Kier alpha value is -1.62. The molecule has 142 valence electrons. The van der Waals surface area contributed by atoms with Crippen LogP contribution in [-0.4, -0.2) is 48.8 Å². The number of guanidine groups is 1. The molecule has 1 atom stereocenters. The Bertz CT molecular complexity index is 837. The van der Waals surface area contributed by atoms with Gasteiger partial charge in [0.25, 0.3) is 0 Å². The van der Waals surface area contributed by atoms with Crippen molar-refractivity contribution in [2.45, 2.75) is 25.6 Å². The Morgan fingerprint density at radius 1 is 1.35 bits per heavy atom. The van der Waals surface area contributed by atoms with E-state index in [0.717, 1.165) is 12.1 Å². The van der Waals surface area contributed by atoms with E-state index in [1.54, 1.807) is 13.2 Å². The van der Waals surface area contributed by atoms with Crippen molar-refractivity contribution >= 4 is 39.8 Å². The van der Waals surface area contributed by atoms with Gasteiger partial charge in [0, 0.05) is 32.0 Å². The molecule has 1 aromatic carbocycles. The van der Waals surface area contributed by atoms with E-state index in [4.69, 9.17) is 0 Å². The van der Waals surface area contributed by atoms with Gasteiger partial charge in [-0.1, -0.05) is 24.3 Å². The first-order valence-corrected chi connectivity index (χ1v) is 10.1. The maximum Gasteiger partial charge on any atom is 0.191 e. The van der Waals surface area contributed by atoms with Crippen molar-refractivity contribution in [1.82, 2.24) is 20.4 Å². The molecule has 0 bridgehead atoms. The second kappa shape index (κ2) is 9.36. The highest BCUT2D eigenvalue weighted by Crippen LogP contribution is 2.11. The molecule has 0 radical (unpaired) electrons. The van der Waals surface area contributed by atoms with Gasteiger partial charge in [-0.3, -0.25) is 9.67 Å². The summed E-state index contributed by atoms with van der Waals surface area (Å²) in [6.45, 7) is 1.35. The van der Waals surface area contributed by atoms with Crippen molar-refractivity contribution in [1.29, 1.82) is 0 Å². The topological polar surface area (TPSA) is 88.4 Å². The molecule has 0 spiro atoms. The monoisotopic (exact) mass is 489 g/mol. The molecule has 1 aliphatic rings. The summed E-state index contributed by atoms with van der Waals surface area (Å²) < 4.78 is 25.0. The summed E-state index contributed by atoms with van der Waals surface area (Å²) >= 11 is 0. The van der Waals surface area contributed by atoms with E-state index >= 15 is 0 Å². The van der Waals surface area contributed by atoms with Crippen molar-refractivity contribution in [3.8, 4) is 0 Å². The van der Waals surface area contributed by atoms with Gasteiger partial charge in [0.15, 0.2) is 15.8 Å². The lowest BCUT2D eigenvalue weighted by Gasteiger charge is -2.16. The fraction of sp³-hybridized carbons (Fsp3) is 0.412. The number of sulfone groups is 1. The second-order valence-corrected chi connectivity index (χ2v) is 8.42. The molecule has 2 N–H and O–H groups in total. The quantitative estimate of drug-likeness (QED) is 0.377. The summed E-state index contributed by atoms with van der Waals surface area (Å²) in [5, 5.41) is 10.7. The van der Waals surface area contributed by atoms with Gasteiger partial charge < -0.3 is 10.6 Å². The number of hydrogen-bond acceptors (Lipinski definition) is 4. The van der Waals surface area contributed by atoms with Crippen LogP contribution in [0.1, 0.15) is 17.5 Å². The third-order valence-corrected chi connectivity index (χ3v) is 5.92. The molecular formula is C17H24IN5O2S. The van der Waals surface area contributed by atoms with Gasteiger partial charge in [-0.15, -0.1) is 24.0 Å². The normalized spacial score (nSPS) is 19.0. The zero-order valence-corrected chi connectivity index (χ0v) is 17.8. The molecule has 1 saturated heterocycles. The summed E-state index contributed by atoms with van der Waals surface area (Å²) in [5.41, 5.74) is 2.31. The van der Waals surface area contributed by atoms with Crippen LogP contribution in [0.25, 0.3) is 0 Å². The number of aliphatic imine (C=N–C) groups is 1. The lowest BCUT2D eigenvalue weighted by molar-refractivity contribution is 0.599. The van der Waals surface area contributed by atoms with Crippen LogP contribution < -0.4 is 10.6 Å². The lowest BCUT2D eigenvalue weighted by atomic mass is 10.1. The summed E-state index contributed by atoms with van der Waals surface area (Å²) in [6, 6.07) is 10.1. The van der Waals surface area contributed by atoms with Crippen LogP contribution in [0.4, 0.5) is 0 Å². The average molecular weight is 489 g/mol. The third kappa shape index (κ3) is 5.97. The van der Waals surface area contributed by atoms with Crippen LogP contribution in [0, 0.1) is 0 Å². The molecule has 1 unspecified atom stereocenters. The zero-order valence-electron chi connectivity index (χ0n) is 14.6. The van der Waals surface area contributed by atoms with Crippen LogP contribution >= 0.6 is 24.0 Å². The van der Waals surface area contributed by atoms with E-state index in [-0.39, 0.29) is 41.5 Å². The van der Waals surface area contributed by atoms with E-state index in [1.807, 2.05) is 29.1 Å². The number of hydrogen-bond donors (Lipinski definition) is 2. The first-order chi connectivity index (χ1) is 12.0.